The fourth-order valence-electron chi connectivity index (χ4n) is 4.59. The highest BCUT2D eigenvalue weighted by molar-refractivity contribution is 5.69. The van der Waals surface area contributed by atoms with Crippen LogP contribution in [0, 0.1) is 5.92 Å². The van der Waals surface area contributed by atoms with Crippen molar-refractivity contribution < 1.29 is 15.0 Å². The van der Waals surface area contributed by atoms with Gasteiger partial charge in [0, 0.05) is 32.2 Å². The average molecular weight is 475 g/mol. The van der Waals surface area contributed by atoms with Crippen molar-refractivity contribution in [3.63, 3.8) is 0 Å². The van der Waals surface area contributed by atoms with E-state index in [-0.39, 0.29) is 12.6 Å². The molecule has 186 valence electrons. The molecule has 0 saturated heterocycles. The van der Waals surface area contributed by atoms with Gasteiger partial charge in [-0.15, -0.1) is 0 Å². The molecule has 0 aliphatic rings. The fraction of sp³-hybridized carbons (Fsp3) is 0.367. The van der Waals surface area contributed by atoms with E-state index in [2.05, 4.69) is 55.1 Å². The van der Waals surface area contributed by atoms with Crippen LogP contribution in [0.3, 0.4) is 0 Å². The smallest absolute Gasteiger partial charge is 0.317 e. The summed E-state index contributed by atoms with van der Waals surface area (Å²) in [7, 11) is 0. The third-order valence-corrected chi connectivity index (χ3v) is 6.09. The molecule has 0 saturated carbocycles. The van der Waals surface area contributed by atoms with E-state index in [1.807, 2.05) is 59.5 Å². The Hall–Kier alpha value is -2.99. The Bertz CT molecular complexity index is 954. The zero-order valence-corrected chi connectivity index (χ0v) is 20.8. The van der Waals surface area contributed by atoms with Crippen LogP contribution in [0.4, 0.5) is 0 Å². The van der Waals surface area contributed by atoms with Crippen molar-refractivity contribution in [2.45, 2.75) is 45.5 Å². The average Bonchev–Trinajstić information content (AvgIpc) is 2.83. The lowest BCUT2D eigenvalue weighted by molar-refractivity contribution is -0.138. The molecular weight excluding hydrogens is 436 g/mol. The van der Waals surface area contributed by atoms with Gasteiger partial charge in [0.2, 0.25) is 0 Å². The summed E-state index contributed by atoms with van der Waals surface area (Å²) in [5.41, 5.74) is 3.51. The Labute approximate surface area is 209 Å². The maximum atomic E-state index is 11.6. The van der Waals surface area contributed by atoms with E-state index in [4.69, 9.17) is 0 Å². The van der Waals surface area contributed by atoms with E-state index in [1.165, 1.54) is 11.1 Å². The Morgan fingerprint density at radius 3 is 1.63 bits per heavy atom. The van der Waals surface area contributed by atoms with E-state index >= 15 is 0 Å². The van der Waals surface area contributed by atoms with Gasteiger partial charge in [-0.3, -0.25) is 14.6 Å². The van der Waals surface area contributed by atoms with Crippen LogP contribution in [-0.2, 0) is 24.3 Å². The number of aliphatic hydroxyl groups excluding tert-OH is 1. The van der Waals surface area contributed by atoms with Gasteiger partial charge in [-0.1, -0.05) is 105 Å². The fourth-order valence-corrected chi connectivity index (χ4v) is 4.59. The molecule has 0 aromatic heterocycles. The number of hydrogen-bond acceptors (Lipinski definition) is 4. The summed E-state index contributed by atoms with van der Waals surface area (Å²) in [5, 5.41) is 21.1. The first-order valence-corrected chi connectivity index (χ1v) is 12.4. The topological polar surface area (TPSA) is 64.0 Å². The molecule has 35 heavy (non-hydrogen) atoms. The third-order valence-electron chi connectivity index (χ3n) is 6.09. The van der Waals surface area contributed by atoms with E-state index in [9.17, 15) is 15.0 Å². The number of aliphatic carboxylic acids is 1. The predicted molar refractivity (Wildman–Crippen MR) is 141 cm³/mol. The molecule has 3 aromatic carbocycles. The lowest BCUT2D eigenvalue weighted by Gasteiger charge is -2.37. The van der Waals surface area contributed by atoms with Crippen molar-refractivity contribution in [3.05, 3.63) is 108 Å². The van der Waals surface area contributed by atoms with Crippen molar-refractivity contribution in [2.75, 3.05) is 19.6 Å². The van der Waals surface area contributed by atoms with Crippen LogP contribution < -0.4 is 0 Å². The number of benzene rings is 3. The molecule has 0 unspecified atom stereocenters. The highest BCUT2D eigenvalue weighted by Gasteiger charge is 2.29. The Morgan fingerprint density at radius 1 is 0.743 bits per heavy atom. The van der Waals surface area contributed by atoms with E-state index in [0.29, 0.717) is 38.5 Å². The molecule has 0 fully saturated rings. The quantitative estimate of drug-likeness (QED) is 0.355. The highest BCUT2D eigenvalue weighted by atomic mass is 16.4. The van der Waals surface area contributed by atoms with Gasteiger partial charge in [-0.05, 0) is 29.0 Å². The number of carboxylic acids is 1. The van der Waals surface area contributed by atoms with Gasteiger partial charge in [0.05, 0.1) is 12.6 Å². The first-order chi connectivity index (χ1) is 16.9. The predicted octanol–water partition coefficient (Wildman–Crippen LogP) is 4.70. The van der Waals surface area contributed by atoms with Crippen molar-refractivity contribution >= 4 is 5.97 Å². The van der Waals surface area contributed by atoms with Gasteiger partial charge in [0.15, 0.2) is 0 Å². The molecule has 0 radical (unpaired) electrons. The largest absolute Gasteiger partial charge is 0.480 e. The summed E-state index contributed by atoms with van der Waals surface area (Å²) in [6.45, 7) is 6.37. The third kappa shape index (κ3) is 9.29. The molecule has 3 rings (SSSR count). The standard InChI is InChI=1S/C30H38N2O3/c1-24(2)19-31(23-30(34)35)22-29(33)28(18-25-12-6-3-7-13-25)32(20-26-14-8-4-9-15-26)21-27-16-10-5-11-17-27/h3-17,24,28-29,33H,18-23H2,1-2H3,(H,34,35)/t28-,29+/m0/s1. The van der Waals surface area contributed by atoms with Gasteiger partial charge >= 0.3 is 5.97 Å². The minimum absolute atomic E-state index is 0.0787. The van der Waals surface area contributed by atoms with E-state index in [1.54, 1.807) is 0 Å². The summed E-state index contributed by atoms with van der Waals surface area (Å²) in [6, 6.07) is 30.6. The summed E-state index contributed by atoms with van der Waals surface area (Å²) in [4.78, 5) is 15.7. The second-order valence-corrected chi connectivity index (χ2v) is 9.68. The summed E-state index contributed by atoms with van der Waals surface area (Å²) in [5.74, 6) is -0.568. The number of hydrogen-bond donors (Lipinski definition) is 2. The van der Waals surface area contributed by atoms with Crippen molar-refractivity contribution in [3.8, 4) is 0 Å². The summed E-state index contributed by atoms with van der Waals surface area (Å²) in [6.07, 6.45) is -0.0506. The van der Waals surface area contributed by atoms with Crippen LogP contribution in [0.5, 0.6) is 0 Å². The number of rotatable bonds is 14. The molecule has 2 atom stereocenters. The van der Waals surface area contributed by atoms with Crippen LogP contribution in [0.2, 0.25) is 0 Å². The summed E-state index contributed by atoms with van der Waals surface area (Å²) >= 11 is 0. The van der Waals surface area contributed by atoms with Gasteiger partial charge in [-0.2, -0.15) is 0 Å². The first-order valence-electron chi connectivity index (χ1n) is 12.4. The minimum Gasteiger partial charge on any atom is -0.480 e. The number of nitrogens with zero attached hydrogens (tertiary/aromatic N) is 2. The van der Waals surface area contributed by atoms with Crippen LogP contribution in [-0.4, -0.2) is 57.8 Å². The number of carbonyl (C=O) groups is 1. The molecule has 0 bridgehead atoms. The lowest BCUT2D eigenvalue weighted by Crippen LogP contribution is -2.50. The van der Waals surface area contributed by atoms with Crippen molar-refractivity contribution in [1.29, 1.82) is 0 Å². The van der Waals surface area contributed by atoms with Crippen LogP contribution in [0.15, 0.2) is 91.0 Å². The second-order valence-electron chi connectivity index (χ2n) is 9.68. The molecular formula is C30H38N2O3. The molecule has 5 heteroatoms. The Balaban J connectivity index is 1.92. The van der Waals surface area contributed by atoms with Crippen molar-refractivity contribution in [1.82, 2.24) is 9.80 Å². The van der Waals surface area contributed by atoms with Crippen LogP contribution >= 0.6 is 0 Å². The number of aliphatic hydroxyl groups is 1. The monoisotopic (exact) mass is 474 g/mol. The van der Waals surface area contributed by atoms with Gasteiger partial charge in [0.25, 0.3) is 0 Å². The summed E-state index contributed by atoms with van der Waals surface area (Å²) < 4.78 is 0. The first kappa shape index (κ1) is 26.6. The van der Waals surface area contributed by atoms with Crippen LogP contribution in [0.1, 0.15) is 30.5 Å². The zero-order valence-electron chi connectivity index (χ0n) is 20.8. The van der Waals surface area contributed by atoms with Crippen molar-refractivity contribution in [2.24, 2.45) is 5.92 Å². The van der Waals surface area contributed by atoms with Crippen LogP contribution in [0.25, 0.3) is 0 Å². The normalized spacial score (nSPS) is 13.3. The molecule has 0 amide bonds. The molecule has 0 heterocycles. The van der Waals surface area contributed by atoms with Gasteiger partial charge < -0.3 is 10.2 Å². The minimum atomic E-state index is -0.872. The maximum Gasteiger partial charge on any atom is 0.317 e. The Kier molecular flexibility index (Phi) is 10.5. The highest BCUT2D eigenvalue weighted by Crippen LogP contribution is 2.20. The van der Waals surface area contributed by atoms with E-state index < -0.39 is 12.1 Å². The molecule has 0 spiro atoms. The lowest BCUT2D eigenvalue weighted by atomic mass is 9.97. The van der Waals surface area contributed by atoms with E-state index in [0.717, 1.165) is 5.56 Å². The molecule has 3 aromatic rings. The second kappa shape index (κ2) is 13.8. The Morgan fingerprint density at radius 2 is 1.20 bits per heavy atom. The molecule has 0 aliphatic heterocycles. The molecule has 5 nitrogen and oxygen atoms in total. The SMILES string of the molecule is CC(C)CN(CC(=O)O)C[C@@H](O)[C@H](Cc1ccccc1)N(Cc1ccccc1)Cc1ccccc1. The molecule has 0 aliphatic carbocycles. The van der Waals surface area contributed by atoms with Gasteiger partial charge in [-0.25, -0.2) is 0 Å². The maximum absolute atomic E-state index is 11.6. The van der Waals surface area contributed by atoms with Gasteiger partial charge in [0.1, 0.15) is 0 Å². The number of carboxylic acid groups (broad SMARTS) is 1. The zero-order chi connectivity index (χ0) is 25.0. The molecule has 2 N–H and O–H groups in total.